The second kappa shape index (κ2) is 4.18. The van der Waals surface area contributed by atoms with E-state index >= 15 is 0 Å². The summed E-state index contributed by atoms with van der Waals surface area (Å²) in [6, 6.07) is 0. The molecule has 0 N–H and O–H groups in total. The summed E-state index contributed by atoms with van der Waals surface area (Å²) in [7, 11) is 0. The lowest BCUT2D eigenvalue weighted by atomic mass is 9.82. The first-order valence-corrected chi connectivity index (χ1v) is 5.51. The van der Waals surface area contributed by atoms with Crippen LogP contribution in [0.5, 0.6) is 0 Å². The molecule has 0 saturated heterocycles. The lowest BCUT2D eigenvalue weighted by Gasteiger charge is -2.22. The summed E-state index contributed by atoms with van der Waals surface area (Å²) in [5, 5.41) is 0. The van der Waals surface area contributed by atoms with Crippen LogP contribution in [0, 0.1) is 29.6 Å². The summed E-state index contributed by atoms with van der Waals surface area (Å²) < 4.78 is 0. The molecule has 1 fully saturated rings. The molecule has 1 aliphatic rings. The van der Waals surface area contributed by atoms with Crippen molar-refractivity contribution in [2.24, 2.45) is 17.3 Å². The van der Waals surface area contributed by atoms with Gasteiger partial charge in [0.15, 0.2) is 0 Å². The highest BCUT2D eigenvalue weighted by molar-refractivity contribution is 5.00. The fourth-order valence-corrected chi connectivity index (χ4v) is 1.96. The lowest BCUT2D eigenvalue weighted by molar-refractivity contribution is 0.338. The molecule has 0 bridgehead atoms. The van der Waals surface area contributed by atoms with Gasteiger partial charge in [0.1, 0.15) is 0 Å². The zero-order chi connectivity index (χ0) is 9.90. The minimum absolute atomic E-state index is 0.100. The van der Waals surface area contributed by atoms with Crippen molar-refractivity contribution < 1.29 is 0 Å². The van der Waals surface area contributed by atoms with E-state index in [1.54, 1.807) is 0 Å². The Balaban J connectivity index is 2.15. The van der Waals surface area contributed by atoms with Crippen molar-refractivity contribution in [1.82, 2.24) is 0 Å². The molecular formula is C13H22. The first-order chi connectivity index (χ1) is 6.03. The average molecular weight is 178 g/mol. The second-order valence-corrected chi connectivity index (χ2v) is 5.36. The molecule has 0 aromatic rings. The van der Waals surface area contributed by atoms with E-state index in [1.807, 2.05) is 0 Å². The molecule has 0 heterocycles. The molecule has 0 amide bonds. The SMILES string of the molecule is C#CC(C)(C)CC(C)CCC1CC1. The molecule has 0 aliphatic heterocycles. The Labute approximate surface area is 83.1 Å². The van der Waals surface area contributed by atoms with Crippen LogP contribution in [0.3, 0.4) is 0 Å². The van der Waals surface area contributed by atoms with E-state index in [2.05, 4.69) is 26.7 Å². The monoisotopic (exact) mass is 178 g/mol. The van der Waals surface area contributed by atoms with Gasteiger partial charge in [0, 0.05) is 5.41 Å². The van der Waals surface area contributed by atoms with E-state index in [0.29, 0.717) is 0 Å². The van der Waals surface area contributed by atoms with Crippen molar-refractivity contribution in [1.29, 1.82) is 0 Å². The van der Waals surface area contributed by atoms with Crippen molar-refractivity contribution in [3.05, 3.63) is 0 Å². The molecule has 1 rings (SSSR count). The van der Waals surface area contributed by atoms with Crippen molar-refractivity contribution in [2.45, 2.75) is 52.9 Å². The van der Waals surface area contributed by atoms with Gasteiger partial charge in [-0.3, -0.25) is 0 Å². The normalized spacial score (nSPS) is 19.5. The first-order valence-electron chi connectivity index (χ1n) is 5.51. The summed E-state index contributed by atoms with van der Waals surface area (Å²) in [4.78, 5) is 0. The Morgan fingerprint density at radius 1 is 1.46 bits per heavy atom. The zero-order valence-corrected chi connectivity index (χ0v) is 9.27. The number of hydrogen-bond donors (Lipinski definition) is 0. The smallest absolute Gasteiger partial charge is 0.0258 e. The third-order valence-electron chi connectivity index (χ3n) is 3.01. The standard InChI is InChI=1S/C13H22/c1-5-13(3,4)10-11(2)6-7-12-8-9-12/h1,11-12H,6-10H2,2-4H3. The number of terminal acetylenes is 1. The van der Waals surface area contributed by atoms with E-state index in [4.69, 9.17) is 6.42 Å². The Hall–Kier alpha value is -0.440. The Kier molecular flexibility index (Phi) is 3.42. The van der Waals surface area contributed by atoms with Gasteiger partial charge >= 0.3 is 0 Å². The van der Waals surface area contributed by atoms with E-state index < -0.39 is 0 Å². The first kappa shape index (κ1) is 10.6. The van der Waals surface area contributed by atoms with Crippen LogP contribution in [0.15, 0.2) is 0 Å². The van der Waals surface area contributed by atoms with Gasteiger partial charge in [0.05, 0.1) is 0 Å². The van der Waals surface area contributed by atoms with Crippen LogP contribution in [0.2, 0.25) is 0 Å². The highest BCUT2D eigenvalue weighted by atomic mass is 14.3. The van der Waals surface area contributed by atoms with Gasteiger partial charge in [0.2, 0.25) is 0 Å². The van der Waals surface area contributed by atoms with Crippen molar-refractivity contribution in [3.63, 3.8) is 0 Å². The maximum Gasteiger partial charge on any atom is 0.0258 e. The fraction of sp³-hybridized carbons (Fsp3) is 0.846. The van der Waals surface area contributed by atoms with Gasteiger partial charge < -0.3 is 0 Å². The highest BCUT2D eigenvalue weighted by Crippen LogP contribution is 2.36. The van der Waals surface area contributed by atoms with Crippen LogP contribution in [0.1, 0.15) is 52.9 Å². The maximum atomic E-state index is 5.47. The molecule has 74 valence electrons. The van der Waals surface area contributed by atoms with E-state index in [0.717, 1.165) is 11.8 Å². The largest absolute Gasteiger partial charge is 0.120 e. The molecule has 1 unspecified atom stereocenters. The molecule has 1 atom stereocenters. The summed E-state index contributed by atoms with van der Waals surface area (Å²) in [5.41, 5.74) is 0.100. The van der Waals surface area contributed by atoms with Gasteiger partial charge in [-0.25, -0.2) is 0 Å². The van der Waals surface area contributed by atoms with Crippen molar-refractivity contribution in [2.75, 3.05) is 0 Å². The van der Waals surface area contributed by atoms with Gasteiger partial charge in [-0.15, -0.1) is 12.3 Å². The van der Waals surface area contributed by atoms with Crippen molar-refractivity contribution in [3.8, 4) is 12.3 Å². The van der Waals surface area contributed by atoms with Gasteiger partial charge in [-0.05, 0) is 32.1 Å². The molecular weight excluding hydrogens is 156 g/mol. The van der Waals surface area contributed by atoms with E-state index in [-0.39, 0.29) is 5.41 Å². The molecule has 1 aliphatic carbocycles. The maximum absolute atomic E-state index is 5.47. The summed E-state index contributed by atoms with van der Waals surface area (Å²) in [6.07, 6.45) is 12.4. The second-order valence-electron chi connectivity index (χ2n) is 5.36. The molecule has 0 spiro atoms. The number of hydrogen-bond acceptors (Lipinski definition) is 0. The van der Waals surface area contributed by atoms with Crippen LogP contribution in [0.25, 0.3) is 0 Å². The Bertz CT molecular complexity index is 191. The van der Waals surface area contributed by atoms with E-state index in [9.17, 15) is 0 Å². The highest BCUT2D eigenvalue weighted by Gasteiger charge is 2.23. The van der Waals surface area contributed by atoms with Crippen LogP contribution in [-0.2, 0) is 0 Å². The summed E-state index contributed by atoms with van der Waals surface area (Å²) in [5.74, 6) is 4.74. The van der Waals surface area contributed by atoms with E-state index in [1.165, 1.54) is 32.1 Å². The topological polar surface area (TPSA) is 0 Å². The van der Waals surface area contributed by atoms with Crippen LogP contribution < -0.4 is 0 Å². The Morgan fingerprint density at radius 2 is 2.08 bits per heavy atom. The Morgan fingerprint density at radius 3 is 2.54 bits per heavy atom. The van der Waals surface area contributed by atoms with Gasteiger partial charge in [-0.2, -0.15) is 0 Å². The lowest BCUT2D eigenvalue weighted by Crippen LogP contribution is -2.13. The summed E-state index contributed by atoms with van der Waals surface area (Å²) >= 11 is 0. The molecule has 0 aromatic heterocycles. The molecule has 13 heavy (non-hydrogen) atoms. The van der Waals surface area contributed by atoms with Crippen LogP contribution >= 0.6 is 0 Å². The minimum Gasteiger partial charge on any atom is -0.120 e. The third kappa shape index (κ3) is 4.36. The molecule has 0 radical (unpaired) electrons. The quantitative estimate of drug-likeness (QED) is 0.561. The molecule has 0 aromatic carbocycles. The predicted octanol–water partition coefficient (Wildman–Crippen LogP) is 3.86. The third-order valence-corrected chi connectivity index (χ3v) is 3.01. The van der Waals surface area contributed by atoms with Crippen LogP contribution in [0.4, 0.5) is 0 Å². The average Bonchev–Trinajstić information content (AvgIpc) is 2.83. The minimum atomic E-state index is 0.100. The number of rotatable bonds is 5. The fourth-order valence-electron chi connectivity index (χ4n) is 1.96. The molecule has 0 heteroatoms. The predicted molar refractivity (Wildman–Crippen MR) is 58.4 cm³/mol. The van der Waals surface area contributed by atoms with Crippen LogP contribution in [-0.4, -0.2) is 0 Å². The van der Waals surface area contributed by atoms with Gasteiger partial charge in [0.25, 0.3) is 0 Å². The zero-order valence-electron chi connectivity index (χ0n) is 9.27. The van der Waals surface area contributed by atoms with Crippen molar-refractivity contribution >= 4 is 0 Å². The summed E-state index contributed by atoms with van der Waals surface area (Å²) in [6.45, 7) is 6.67. The molecule has 0 nitrogen and oxygen atoms in total. The van der Waals surface area contributed by atoms with Gasteiger partial charge in [-0.1, -0.05) is 32.6 Å². The molecule has 1 saturated carbocycles.